The van der Waals surface area contributed by atoms with Gasteiger partial charge in [0.2, 0.25) is 5.12 Å². The van der Waals surface area contributed by atoms with E-state index in [0.717, 1.165) is 5.75 Å². The van der Waals surface area contributed by atoms with Crippen LogP contribution in [-0.2, 0) is 4.79 Å². The minimum absolute atomic E-state index is 0.0324. The fourth-order valence-electron chi connectivity index (χ4n) is 0.711. The highest BCUT2D eigenvalue weighted by Crippen LogP contribution is 2.36. The lowest BCUT2D eigenvalue weighted by Crippen LogP contribution is -2.16. The molecule has 0 saturated carbocycles. The molecule has 48 valence electrons. The van der Waals surface area contributed by atoms with E-state index >= 15 is 0 Å². The molecule has 0 bridgehead atoms. The Labute approximate surface area is 58.2 Å². The summed E-state index contributed by atoms with van der Waals surface area (Å²) < 4.78 is 0. The first-order valence-electron chi connectivity index (χ1n) is 2.77. The van der Waals surface area contributed by atoms with Gasteiger partial charge in [0.15, 0.2) is 0 Å². The zero-order valence-electron chi connectivity index (χ0n) is 5.18. The summed E-state index contributed by atoms with van der Waals surface area (Å²) in [5, 5.41) is 8.54. The van der Waals surface area contributed by atoms with Crippen LogP contribution in [-0.4, -0.2) is 10.9 Å². The molecule has 0 spiro atoms. The van der Waals surface area contributed by atoms with E-state index in [1.165, 1.54) is 11.8 Å². The second kappa shape index (κ2) is 2.03. The molecular weight excluding hydrogens is 134 g/mol. The number of carbonyl (C=O) groups is 1. The topological polar surface area (TPSA) is 40.9 Å². The van der Waals surface area contributed by atoms with Gasteiger partial charge in [0.1, 0.15) is 5.41 Å². The highest BCUT2D eigenvalue weighted by molar-refractivity contribution is 8.14. The molecule has 1 heterocycles. The smallest absolute Gasteiger partial charge is 0.208 e. The van der Waals surface area contributed by atoms with Gasteiger partial charge >= 0.3 is 0 Å². The van der Waals surface area contributed by atoms with Gasteiger partial charge in [-0.3, -0.25) is 4.79 Å². The van der Waals surface area contributed by atoms with Gasteiger partial charge in [-0.15, -0.1) is 0 Å². The Morgan fingerprint density at radius 2 is 2.56 bits per heavy atom. The number of rotatable bonds is 0. The summed E-state index contributed by atoms with van der Waals surface area (Å²) in [5.41, 5.74) is -0.676. The highest BCUT2D eigenvalue weighted by Gasteiger charge is 2.38. The molecule has 9 heavy (non-hydrogen) atoms. The average molecular weight is 141 g/mol. The van der Waals surface area contributed by atoms with Crippen LogP contribution >= 0.6 is 11.8 Å². The second-order valence-corrected chi connectivity index (χ2v) is 3.40. The van der Waals surface area contributed by atoms with Crippen molar-refractivity contribution in [2.75, 3.05) is 5.75 Å². The van der Waals surface area contributed by atoms with Gasteiger partial charge in [-0.05, 0) is 13.3 Å². The van der Waals surface area contributed by atoms with Gasteiger partial charge in [0.25, 0.3) is 0 Å². The average Bonchev–Trinajstić information content (AvgIpc) is 2.15. The normalized spacial score (nSPS) is 34.4. The molecule has 0 N–H and O–H groups in total. The quantitative estimate of drug-likeness (QED) is 0.508. The van der Waals surface area contributed by atoms with E-state index in [9.17, 15) is 4.79 Å². The first kappa shape index (κ1) is 6.63. The molecule has 1 atom stereocenters. The number of thioether (sulfide) groups is 1. The Morgan fingerprint density at radius 3 is 2.78 bits per heavy atom. The van der Waals surface area contributed by atoms with E-state index in [1.54, 1.807) is 6.92 Å². The molecule has 1 unspecified atom stereocenters. The predicted molar refractivity (Wildman–Crippen MR) is 35.8 cm³/mol. The van der Waals surface area contributed by atoms with Crippen molar-refractivity contribution < 1.29 is 4.79 Å². The largest absolute Gasteiger partial charge is 0.285 e. The fourth-order valence-corrected chi connectivity index (χ4v) is 1.87. The standard InChI is InChI=1S/C6H7NOS/c1-6(4-7)2-3-9-5(6)8/h2-3H2,1H3. The molecule has 0 aromatic heterocycles. The van der Waals surface area contributed by atoms with Crippen LogP contribution in [0.15, 0.2) is 0 Å². The van der Waals surface area contributed by atoms with Crippen molar-refractivity contribution in [2.45, 2.75) is 13.3 Å². The third-order valence-corrected chi connectivity index (χ3v) is 2.65. The molecule has 0 radical (unpaired) electrons. The Kier molecular flexibility index (Phi) is 1.50. The van der Waals surface area contributed by atoms with Crippen LogP contribution in [0.4, 0.5) is 0 Å². The van der Waals surface area contributed by atoms with Crippen LogP contribution in [0.2, 0.25) is 0 Å². The summed E-state index contributed by atoms with van der Waals surface area (Å²) in [4.78, 5) is 10.9. The summed E-state index contributed by atoms with van der Waals surface area (Å²) >= 11 is 1.27. The molecule has 0 aromatic rings. The van der Waals surface area contributed by atoms with Crippen molar-refractivity contribution in [1.29, 1.82) is 5.26 Å². The molecule has 0 aliphatic carbocycles. The Morgan fingerprint density at radius 1 is 1.89 bits per heavy atom. The van der Waals surface area contributed by atoms with Gasteiger partial charge < -0.3 is 0 Å². The van der Waals surface area contributed by atoms with E-state index in [2.05, 4.69) is 0 Å². The predicted octanol–water partition coefficient (Wildman–Crippen LogP) is 1.18. The molecule has 3 heteroatoms. The van der Waals surface area contributed by atoms with Gasteiger partial charge in [-0.1, -0.05) is 11.8 Å². The maximum absolute atomic E-state index is 10.9. The molecule has 1 aliphatic heterocycles. The second-order valence-electron chi connectivity index (χ2n) is 2.33. The number of nitrogens with zero attached hydrogens (tertiary/aromatic N) is 1. The minimum Gasteiger partial charge on any atom is -0.285 e. The van der Waals surface area contributed by atoms with E-state index in [1.807, 2.05) is 6.07 Å². The van der Waals surface area contributed by atoms with Crippen LogP contribution in [0.3, 0.4) is 0 Å². The number of carbonyl (C=O) groups excluding carboxylic acids is 1. The SMILES string of the molecule is CC1(C#N)CCSC1=O. The van der Waals surface area contributed by atoms with Crippen molar-refractivity contribution in [3.8, 4) is 6.07 Å². The Balaban J connectivity index is 2.82. The molecule has 1 fully saturated rings. The monoisotopic (exact) mass is 141 g/mol. The first-order chi connectivity index (χ1) is 4.19. The maximum Gasteiger partial charge on any atom is 0.208 e. The highest BCUT2D eigenvalue weighted by atomic mass is 32.2. The minimum atomic E-state index is -0.676. The van der Waals surface area contributed by atoms with Gasteiger partial charge in [0.05, 0.1) is 6.07 Å². The zero-order chi connectivity index (χ0) is 6.91. The van der Waals surface area contributed by atoms with E-state index in [-0.39, 0.29) is 5.12 Å². The van der Waals surface area contributed by atoms with E-state index in [0.29, 0.717) is 6.42 Å². The molecule has 1 rings (SSSR count). The van der Waals surface area contributed by atoms with Gasteiger partial charge in [0, 0.05) is 5.75 Å². The third kappa shape index (κ3) is 0.948. The van der Waals surface area contributed by atoms with E-state index in [4.69, 9.17) is 5.26 Å². The summed E-state index contributed by atoms with van der Waals surface area (Å²) in [7, 11) is 0. The van der Waals surface area contributed by atoms with Crippen LogP contribution in [0.5, 0.6) is 0 Å². The summed E-state index contributed by atoms with van der Waals surface area (Å²) in [6, 6.07) is 2.02. The molecule has 0 aromatic carbocycles. The van der Waals surface area contributed by atoms with Crippen molar-refractivity contribution in [1.82, 2.24) is 0 Å². The van der Waals surface area contributed by atoms with Crippen molar-refractivity contribution in [3.63, 3.8) is 0 Å². The summed E-state index contributed by atoms with van der Waals surface area (Å²) in [6.45, 7) is 1.70. The molecular formula is C6H7NOS. The lowest BCUT2D eigenvalue weighted by Gasteiger charge is -2.06. The number of hydrogen-bond donors (Lipinski definition) is 0. The summed E-state index contributed by atoms with van der Waals surface area (Å²) in [6.07, 6.45) is 0.715. The molecule has 1 saturated heterocycles. The van der Waals surface area contributed by atoms with Crippen molar-refractivity contribution in [3.05, 3.63) is 0 Å². The number of nitriles is 1. The summed E-state index contributed by atoms with van der Waals surface area (Å²) in [5.74, 6) is 0.808. The third-order valence-electron chi connectivity index (χ3n) is 1.53. The van der Waals surface area contributed by atoms with Crippen molar-refractivity contribution in [2.24, 2.45) is 5.41 Å². The van der Waals surface area contributed by atoms with Crippen LogP contribution in [0, 0.1) is 16.7 Å². The number of hydrogen-bond acceptors (Lipinski definition) is 3. The van der Waals surface area contributed by atoms with Gasteiger partial charge in [-0.25, -0.2) is 0 Å². The van der Waals surface area contributed by atoms with Crippen LogP contribution < -0.4 is 0 Å². The lowest BCUT2D eigenvalue weighted by molar-refractivity contribution is -0.115. The van der Waals surface area contributed by atoms with Crippen LogP contribution in [0.25, 0.3) is 0 Å². The first-order valence-corrected chi connectivity index (χ1v) is 3.76. The van der Waals surface area contributed by atoms with Gasteiger partial charge in [-0.2, -0.15) is 5.26 Å². The molecule has 0 amide bonds. The fraction of sp³-hybridized carbons (Fsp3) is 0.667. The van der Waals surface area contributed by atoms with Crippen LogP contribution in [0.1, 0.15) is 13.3 Å². The van der Waals surface area contributed by atoms with Crippen molar-refractivity contribution >= 4 is 16.9 Å². The Bertz CT molecular complexity index is 184. The molecule has 1 aliphatic rings. The maximum atomic E-state index is 10.9. The zero-order valence-corrected chi connectivity index (χ0v) is 5.99. The van der Waals surface area contributed by atoms with E-state index < -0.39 is 5.41 Å². The Hall–Kier alpha value is -0.490. The lowest BCUT2D eigenvalue weighted by atomic mass is 9.92. The molecule has 2 nitrogen and oxygen atoms in total.